The van der Waals surface area contributed by atoms with Crippen LogP contribution in [0.15, 0.2) is 12.1 Å². The Balaban J connectivity index is 2.70. The summed E-state index contributed by atoms with van der Waals surface area (Å²) in [6, 6.07) is 4.36. The predicted molar refractivity (Wildman–Crippen MR) is 64.5 cm³/mol. The molecule has 1 aromatic carbocycles. The summed E-state index contributed by atoms with van der Waals surface area (Å²) in [5, 5.41) is 0. The minimum absolute atomic E-state index is 0.982. The zero-order valence-electron chi connectivity index (χ0n) is 9.76. The van der Waals surface area contributed by atoms with Gasteiger partial charge in [-0.3, -0.25) is 0 Å². The molecule has 1 N–H and O–H groups in total. The number of rotatable bonds is 2. The van der Waals surface area contributed by atoms with Crippen molar-refractivity contribution >= 4 is 16.7 Å². The van der Waals surface area contributed by atoms with Crippen LogP contribution in [0.4, 0.5) is 5.69 Å². The largest absolute Gasteiger partial charge is 0.378 e. The maximum absolute atomic E-state index is 4.51. The van der Waals surface area contributed by atoms with E-state index in [0.717, 1.165) is 23.3 Å². The fourth-order valence-corrected chi connectivity index (χ4v) is 1.82. The quantitative estimate of drug-likeness (QED) is 0.813. The van der Waals surface area contributed by atoms with Crippen LogP contribution in [0.5, 0.6) is 0 Å². The van der Waals surface area contributed by atoms with Crippen LogP contribution in [-0.2, 0) is 6.42 Å². The number of benzene rings is 1. The number of nitrogens with one attached hydrogen (secondary N) is 1. The standard InChI is InChI=1S/C12H17N3/c1-5-9-6-10(15(3)4)7-11-12(9)14-8(2)13-11/h6-7H,5H2,1-4H3,(H,13,14). The van der Waals surface area contributed by atoms with Gasteiger partial charge in [-0.25, -0.2) is 4.98 Å². The van der Waals surface area contributed by atoms with Crippen molar-refractivity contribution in [1.29, 1.82) is 0 Å². The number of anilines is 1. The van der Waals surface area contributed by atoms with Crippen LogP contribution in [0, 0.1) is 6.92 Å². The van der Waals surface area contributed by atoms with E-state index in [1.807, 2.05) is 6.92 Å². The Labute approximate surface area is 90.1 Å². The molecule has 0 radical (unpaired) electrons. The van der Waals surface area contributed by atoms with Gasteiger partial charge in [-0.05, 0) is 31.0 Å². The Bertz CT molecular complexity index is 483. The first-order chi connectivity index (χ1) is 7.11. The van der Waals surface area contributed by atoms with Gasteiger partial charge in [0.05, 0.1) is 11.0 Å². The molecule has 1 heterocycles. The van der Waals surface area contributed by atoms with Gasteiger partial charge in [-0.2, -0.15) is 0 Å². The van der Waals surface area contributed by atoms with Crippen LogP contribution >= 0.6 is 0 Å². The van der Waals surface area contributed by atoms with Crippen molar-refractivity contribution in [3.05, 3.63) is 23.5 Å². The van der Waals surface area contributed by atoms with Gasteiger partial charge in [-0.1, -0.05) is 6.92 Å². The number of aromatic amines is 1. The fraction of sp³-hybridized carbons (Fsp3) is 0.417. The molecule has 0 aliphatic rings. The summed E-state index contributed by atoms with van der Waals surface area (Å²) < 4.78 is 0. The second-order valence-corrected chi connectivity index (χ2v) is 4.07. The number of hydrogen-bond acceptors (Lipinski definition) is 2. The van der Waals surface area contributed by atoms with Crippen LogP contribution in [0.3, 0.4) is 0 Å². The first-order valence-corrected chi connectivity index (χ1v) is 5.28. The summed E-state index contributed by atoms with van der Waals surface area (Å²) in [5.41, 5.74) is 4.78. The molecule has 0 bridgehead atoms. The summed E-state index contributed by atoms with van der Waals surface area (Å²) in [5.74, 6) is 0.982. The Morgan fingerprint density at radius 3 is 2.67 bits per heavy atom. The van der Waals surface area contributed by atoms with Crippen LogP contribution in [-0.4, -0.2) is 24.1 Å². The Morgan fingerprint density at radius 2 is 2.07 bits per heavy atom. The minimum Gasteiger partial charge on any atom is -0.378 e. The van der Waals surface area contributed by atoms with Crippen LogP contribution in [0.25, 0.3) is 11.0 Å². The van der Waals surface area contributed by atoms with E-state index in [2.05, 4.69) is 48.0 Å². The normalized spacial score (nSPS) is 10.9. The highest BCUT2D eigenvalue weighted by atomic mass is 15.1. The smallest absolute Gasteiger partial charge is 0.104 e. The van der Waals surface area contributed by atoms with Gasteiger partial charge in [0.1, 0.15) is 5.82 Å². The second-order valence-electron chi connectivity index (χ2n) is 4.07. The molecule has 0 aliphatic heterocycles. The second kappa shape index (κ2) is 3.57. The molecule has 2 rings (SSSR count). The average Bonchev–Trinajstić information content (AvgIpc) is 2.56. The van der Waals surface area contributed by atoms with Crippen molar-refractivity contribution in [2.45, 2.75) is 20.3 Å². The van der Waals surface area contributed by atoms with Gasteiger partial charge in [0.2, 0.25) is 0 Å². The molecule has 0 spiro atoms. The molecule has 3 nitrogen and oxygen atoms in total. The van der Waals surface area contributed by atoms with Crippen molar-refractivity contribution in [3.63, 3.8) is 0 Å². The van der Waals surface area contributed by atoms with E-state index in [0.29, 0.717) is 0 Å². The molecule has 2 aromatic rings. The topological polar surface area (TPSA) is 31.9 Å². The zero-order chi connectivity index (χ0) is 11.0. The molecule has 1 aromatic heterocycles. The number of hydrogen-bond donors (Lipinski definition) is 1. The Kier molecular flexibility index (Phi) is 2.39. The fourth-order valence-electron chi connectivity index (χ4n) is 1.82. The van der Waals surface area contributed by atoms with Gasteiger partial charge in [-0.15, -0.1) is 0 Å². The number of aromatic nitrogens is 2. The maximum atomic E-state index is 4.51. The van der Waals surface area contributed by atoms with Gasteiger partial charge in [0, 0.05) is 19.8 Å². The monoisotopic (exact) mass is 203 g/mol. The third-order valence-corrected chi connectivity index (χ3v) is 2.67. The number of nitrogens with zero attached hydrogens (tertiary/aromatic N) is 2. The predicted octanol–water partition coefficient (Wildman–Crippen LogP) is 2.50. The lowest BCUT2D eigenvalue weighted by Crippen LogP contribution is -2.08. The Morgan fingerprint density at radius 1 is 1.33 bits per heavy atom. The van der Waals surface area contributed by atoms with Crippen molar-refractivity contribution < 1.29 is 0 Å². The third kappa shape index (κ3) is 1.69. The highest BCUT2D eigenvalue weighted by molar-refractivity contribution is 5.83. The third-order valence-electron chi connectivity index (χ3n) is 2.67. The molecule has 0 atom stereocenters. The molecule has 0 amide bonds. The SMILES string of the molecule is CCc1cc(N(C)C)cc2[nH]c(C)nc12. The molecule has 0 saturated carbocycles. The van der Waals surface area contributed by atoms with E-state index in [9.17, 15) is 0 Å². The molecule has 80 valence electrons. The summed E-state index contributed by atoms with van der Waals surface area (Å²) >= 11 is 0. The van der Waals surface area contributed by atoms with Gasteiger partial charge < -0.3 is 9.88 Å². The van der Waals surface area contributed by atoms with Gasteiger partial charge in [0.15, 0.2) is 0 Å². The van der Waals surface area contributed by atoms with E-state index in [-0.39, 0.29) is 0 Å². The lowest BCUT2D eigenvalue weighted by molar-refractivity contribution is 1.10. The van der Waals surface area contributed by atoms with Crippen molar-refractivity contribution in [2.75, 3.05) is 19.0 Å². The van der Waals surface area contributed by atoms with E-state index in [1.54, 1.807) is 0 Å². The van der Waals surface area contributed by atoms with Crippen LogP contribution in [0.2, 0.25) is 0 Å². The highest BCUT2D eigenvalue weighted by Crippen LogP contribution is 2.24. The molecular formula is C12H17N3. The molecule has 15 heavy (non-hydrogen) atoms. The van der Waals surface area contributed by atoms with Gasteiger partial charge >= 0.3 is 0 Å². The molecule has 0 saturated heterocycles. The van der Waals surface area contributed by atoms with E-state index >= 15 is 0 Å². The molecule has 0 aliphatic carbocycles. The lowest BCUT2D eigenvalue weighted by atomic mass is 10.1. The summed E-state index contributed by atoms with van der Waals surface area (Å²) in [7, 11) is 4.12. The van der Waals surface area contributed by atoms with Crippen LogP contribution in [0.1, 0.15) is 18.3 Å². The number of aryl methyl sites for hydroxylation is 2. The first-order valence-electron chi connectivity index (χ1n) is 5.28. The van der Waals surface area contributed by atoms with Crippen molar-refractivity contribution in [3.8, 4) is 0 Å². The number of H-pyrrole nitrogens is 1. The minimum atomic E-state index is 0.982. The highest BCUT2D eigenvalue weighted by Gasteiger charge is 2.07. The number of fused-ring (bicyclic) bond motifs is 1. The van der Waals surface area contributed by atoms with Crippen molar-refractivity contribution in [1.82, 2.24) is 9.97 Å². The molecule has 3 heteroatoms. The van der Waals surface area contributed by atoms with Crippen LogP contribution < -0.4 is 4.90 Å². The molecular weight excluding hydrogens is 186 g/mol. The van der Waals surface area contributed by atoms with E-state index in [4.69, 9.17) is 0 Å². The summed E-state index contributed by atoms with van der Waals surface area (Å²) in [6.45, 7) is 4.16. The average molecular weight is 203 g/mol. The lowest BCUT2D eigenvalue weighted by Gasteiger charge is -2.13. The van der Waals surface area contributed by atoms with E-state index in [1.165, 1.54) is 11.3 Å². The number of imidazole rings is 1. The molecule has 0 fully saturated rings. The summed E-state index contributed by atoms with van der Waals surface area (Å²) in [6.07, 6.45) is 1.02. The Hall–Kier alpha value is -1.51. The van der Waals surface area contributed by atoms with Gasteiger partial charge in [0.25, 0.3) is 0 Å². The zero-order valence-corrected chi connectivity index (χ0v) is 9.76. The van der Waals surface area contributed by atoms with E-state index < -0.39 is 0 Å². The van der Waals surface area contributed by atoms with Crippen molar-refractivity contribution in [2.24, 2.45) is 0 Å². The summed E-state index contributed by atoms with van der Waals surface area (Å²) in [4.78, 5) is 9.92. The molecule has 0 unspecified atom stereocenters. The first kappa shape index (κ1) is 10.0. The maximum Gasteiger partial charge on any atom is 0.104 e.